The van der Waals surface area contributed by atoms with E-state index in [1.54, 1.807) is 0 Å². The molecule has 1 N–H and O–H groups in total. The van der Waals surface area contributed by atoms with E-state index >= 15 is 0 Å². The molecule has 1 aliphatic heterocycles. The minimum Gasteiger partial charge on any atom is -0.336 e. The Morgan fingerprint density at radius 2 is 1.70 bits per heavy atom. The molecule has 1 heterocycles. The maximum Gasteiger partial charge on any atom is 0.255 e. The van der Waals surface area contributed by atoms with Crippen molar-refractivity contribution in [2.45, 2.75) is 18.7 Å². The molecule has 156 valence electrons. The fraction of sp³-hybridized carbons (Fsp3) is 0.348. The lowest BCUT2D eigenvalue weighted by molar-refractivity contribution is -0.117. The minimum absolute atomic E-state index is 0.0179. The summed E-state index contributed by atoms with van der Waals surface area (Å²) in [6.07, 6.45) is 0. The van der Waals surface area contributed by atoms with Crippen molar-refractivity contribution in [2.75, 3.05) is 43.8 Å². The molecule has 0 saturated carbocycles. The SMILES string of the molecule is Cc1cccc(C)c1NC(=O)CN1CCN(C(=O)c2ccccc2SCC#N)CC1. The van der Waals surface area contributed by atoms with Crippen molar-refractivity contribution in [3.05, 3.63) is 59.2 Å². The summed E-state index contributed by atoms with van der Waals surface area (Å²) in [6, 6.07) is 15.5. The van der Waals surface area contributed by atoms with Crippen molar-refractivity contribution < 1.29 is 9.59 Å². The molecule has 0 unspecified atom stereocenters. The van der Waals surface area contributed by atoms with Crippen LogP contribution < -0.4 is 5.32 Å². The Morgan fingerprint density at radius 1 is 1.03 bits per heavy atom. The highest BCUT2D eigenvalue weighted by Crippen LogP contribution is 2.24. The number of benzene rings is 2. The number of nitrogens with one attached hydrogen (secondary N) is 1. The Bertz CT molecular complexity index is 942. The zero-order valence-electron chi connectivity index (χ0n) is 17.4. The van der Waals surface area contributed by atoms with Crippen LogP contribution in [0.5, 0.6) is 0 Å². The minimum atomic E-state index is -0.0366. The second-order valence-electron chi connectivity index (χ2n) is 7.33. The first kappa shape index (κ1) is 21.9. The largest absolute Gasteiger partial charge is 0.336 e. The van der Waals surface area contributed by atoms with Crippen LogP contribution in [-0.2, 0) is 4.79 Å². The number of nitrogens with zero attached hydrogens (tertiary/aromatic N) is 3. The number of piperazine rings is 1. The molecule has 30 heavy (non-hydrogen) atoms. The summed E-state index contributed by atoms with van der Waals surface area (Å²) in [5.74, 6) is 0.259. The summed E-state index contributed by atoms with van der Waals surface area (Å²) >= 11 is 1.38. The average Bonchev–Trinajstić information content (AvgIpc) is 2.75. The van der Waals surface area contributed by atoms with Gasteiger partial charge in [0.25, 0.3) is 5.91 Å². The van der Waals surface area contributed by atoms with Gasteiger partial charge in [-0.2, -0.15) is 5.26 Å². The van der Waals surface area contributed by atoms with Gasteiger partial charge in [-0.1, -0.05) is 30.3 Å². The molecule has 0 atom stereocenters. The van der Waals surface area contributed by atoms with E-state index in [1.807, 2.05) is 61.2 Å². The quantitative estimate of drug-likeness (QED) is 0.723. The van der Waals surface area contributed by atoms with Gasteiger partial charge in [-0.25, -0.2) is 0 Å². The molecule has 0 aliphatic carbocycles. The van der Waals surface area contributed by atoms with E-state index in [4.69, 9.17) is 5.26 Å². The van der Waals surface area contributed by atoms with Crippen molar-refractivity contribution >= 4 is 29.3 Å². The van der Waals surface area contributed by atoms with Gasteiger partial charge in [0, 0.05) is 36.8 Å². The Balaban J connectivity index is 1.54. The molecule has 1 saturated heterocycles. The van der Waals surface area contributed by atoms with E-state index in [2.05, 4.69) is 16.3 Å². The summed E-state index contributed by atoms with van der Waals surface area (Å²) in [4.78, 5) is 30.2. The molecule has 7 heteroatoms. The Hall–Kier alpha value is -2.82. The standard InChI is InChI=1S/C23H26N4O2S/c1-17-6-5-7-18(2)22(17)25-21(28)16-26-11-13-27(14-12-26)23(29)19-8-3-4-9-20(19)30-15-10-24/h3-9H,11-16H2,1-2H3,(H,25,28). The number of carbonyl (C=O) groups excluding carboxylic acids is 2. The third-order valence-corrected chi connectivity index (χ3v) is 6.12. The highest BCUT2D eigenvalue weighted by Gasteiger charge is 2.25. The molecule has 0 radical (unpaired) electrons. The van der Waals surface area contributed by atoms with Gasteiger partial charge in [0.15, 0.2) is 0 Å². The predicted molar refractivity (Wildman–Crippen MR) is 120 cm³/mol. The molecule has 0 spiro atoms. The van der Waals surface area contributed by atoms with Crippen molar-refractivity contribution in [1.29, 1.82) is 5.26 Å². The normalized spacial score (nSPS) is 14.2. The first-order valence-electron chi connectivity index (χ1n) is 9.96. The predicted octanol–water partition coefficient (Wildman–Crippen LogP) is 3.32. The van der Waals surface area contributed by atoms with Crippen LogP contribution in [0.25, 0.3) is 0 Å². The van der Waals surface area contributed by atoms with Gasteiger partial charge in [0.2, 0.25) is 5.91 Å². The molecule has 2 aromatic rings. The van der Waals surface area contributed by atoms with Crippen LogP contribution in [0, 0.1) is 25.2 Å². The van der Waals surface area contributed by atoms with Crippen LogP contribution in [0.3, 0.4) is 0 Å². The van der Waals surface area contributed by atoms with Gasteiger partial charge in [0.05, 0.1) is 23.9 Å². The first-order valence-corrected chi connectivity index (χ1v) is 10.9. The number of amides is 2. The topological polar surface area (TPSA) is 76.4 Å². The molecular formula is C23H26N4O2S. The van der Waals surface area contributed by atoms with E-state index in [1.165, 1.54) is 11.8 Å². The molecule has 2 amide bonds. The van der Waals surface area contributed by atoms with Gasteiger partial charge in [0.1, 0.15) is 0 Å². The fourth-order valence-electron chi connectivity index (χ4n) is 3.55. The van der Waals surface area contributed by atoms with E-state index in [-0.39, 0.29) is 11.8 Å². The van der Waals surface area contributed by atoms with Crippen LogP contribution in [-0.4, -0.2) is 60.1 Å². The van der Waals surface area contributed by atoms with Gasteiger partial charge in [-0.3, -0.25) is 14.5 Å². The Labute approximate surface area is 181 Å². The number of hydrogen-bond donors (Lipinski definition) is 1. The molecular weight excluding hydrogens is 396 g/mol. The lowest BCUT2D eigenvalue weighted by Gasteiger charge is -2.34. The smallest absolute Gasteiger partial charge is 0.255 e. The lowest BCUT2D eigenvalue weighted by Crippen LogP contribution is -2.50. The van der Waals surface area contributed by atoms with E-state index < -0.39 is 0 Å². The van der Waals surface area contributed by atoms with Crippen molar-refractivity contribution in [2.24, 2.45) is 0 Å². The van der Waals surface area contributed by atoms with E-state index in [9.17, 15) is 9.59 Å². The Morgan fingerprint density at radius 3 is 2.37 bits per heavy atom. The first-order chi connectivity index (χ1) is 14.5. The van der Waals surface area contributed by atoms with Crippen molar-refractivity contribution in [3.8, 4) is 6.07 Å². The molecule has 0 bridgehead atoms. The van der Waals surface area contributed by atoms with Crippen molar-refractivity contribution in [3.63, 3.8) is 0 Å². The number of nitriles is 1. The van der Waals surface area contributed by atoms with Gasteiger partial charge in [-0.05, 0) is 37.1 Å². The summed E-state index contributed by atoms with van der Waals surface area (Å²) < 4.78 is 0. The van der Waals surface area contributed by atoms with Crippen LogP contribution >= 0.6 is 11.8 Å². The molecule has 1 aliphatic rings. The van der Waals surface area contributed by atoms with Gasteiger partial charge >= 0.3 is 0 Å². The van der Waals surface area contributed by atoms with Crippen LogP contribution in [0.1, 0.15) is 21.5 Å². The molecule has 3 rings (SSSR count). The van der Waals surface area contributed by atoms with Crippen LogP contribution in [0.2, 0.25) is 0 Å². The number of rotatable bonds is 6. The second kappa shape index (κ2) is 10.3. The third kappa shape index (κ3) is 5.41. The van der Waals surface area contributed by atoms with Crippen molar-refractivity contribution in [1.82, 2.24) is 9.80 Å². The van der Waals surface area contributed by atoms with Crippen LogP contribution in [0.15, 0.2) is 47.4 Å². The summed E-state index contributed by atoms with van der Waals surface area (Å²) in [7, 11) is 0. The summed E-state index contributed by atoms with van der Waals surface area (Å²) in [5, 5.41) is 11.8. The van der Waals surface area contributed by atoms with E-state index in [0.717, 1.165) is 21.7 Å². The number of carbonyl (C=O) groups is 2. The number of aryl methyl sites for hydroxylation is 2. The second-order valence-corrected chi connectivity index (χ2v) is 8.34. The van der Waals surface area contributed by atoms with Gasteiger partial charge < -0.3 is 10.2 Å². The average molecular weight is 423 g/mol. The maximum atomic E-state index is 13.0. The Kier molecular flexibility index (Phi) is 7.50. The zero-order valence-corrected chi connectivity index (χ0v) is 18.2. The van der Waals surface area contributed by atoms with Crippen LogP contribution in [0.4, 0.5) is 5.69 Å². The lowest BCUT2D eigenvalue weighted by atomic mass is 10.1. The molecule has 0 aromatic heterocycles. The highest BCUT2D eigenvalue weighted by molar-refractivity contribution is 7.99. The number of thioether (sulfide) groups is 1. The third-order valence-electron chi connectivity index (χ3n) is 5.18. The zero-order chi connectivity index (χ0) is 21.5. The van der Waals surface area contributed by atoms with E-state index in [0.29, 0.717) is 44.0 Å². The fourth-order valence-corrected chi connectivity index (χ4v) is 4.26. The molecule has 2 aromatic carbocycles. The molecule has 6 nitrogen and oxygen atoms in total. The number of anilines is 1. The number of hydrogen-bond acceptors (Lipinski definition) is 5. The highest BCUT2D eigenvalue weighted by atomic mass is 32.2. The summed E-state index contributed by atoms with van der Waals surface area (Å²) in [5.41, 5.74) is 3.61. The summed E-state index contributed by atoms with van der Waals surface area (Å²) in [6.45, 7) is 6.74. The number of para-hydroxylation sites is 1. The molecule has 1 fully saturated rings. The monoisotopic (exact) mass is 422 g/mol. The maximum absolute atomic E-state index is 13.0. The van der Waals surface area contributed by atoms with Gasteiger partial charge in [-0.15, -0.1) is 11.8 Å².